The van der Waals surface area contributed by atoms with Crippen LogP contribution in [0.25, 0.3) is 0 Å². The van der Waals surface area contributed by atoms with E-state index in [1.807, 2.05) is 0 Å². The quantitative estimate of drug-likeness (QED) is 0.526. The van der Waals surface area contributed by atoms with Gasteiger partial charge in [-0.2, -0.15) is 13.2 Å². The van der Waals surface area contributed by atoms with Crippen molar-refractivity contribution < 1.29 is 37.7 Å². The van der Waals surface area contributed by atoms with E-state index >= 15 is 0 Å². The SMILES string of the molecule is O=C1CCCCCC[C@@H]2[C@@H](/C=C/[C@@H](O)COc3cccc(C(F)(F)F)c3)[C@H](O)C[C@@H]2O1. The number of hydrogen-bond acceptors (Lipinski definition) is 5. The van der Waals surface area contributed by atoms with Gasteiger partial charge in [0.25, 0.3) is 0 Å². The van der Waals surface area contributed by atoms with Crippen LogP contribution in [-0.4, -0.2) is 41.1 Å². The molecule has 172 valence electrons. The Morgan fingerprint density at radius 3 is 2.77 bits per heavy atom. The van der Waals surface area contributed by atoms with Gasteiger partial charge in [0, 0.05) is 24.7 Å². The number of aliphatic hydroxyl groups is 2. The van der Waals surface area contributed by atoms with Crippen molar-refractivity contribution in [3.05, 3.63) is 42.0 Å². The maximum atomic E-state index is 12.8. The normalized spacial score (nSPS) is 28.7. The largest absolute Gasteiger partial charge is 0.491 e. The third kappa shape index (κ3) is 6.71. The minimum absolute atomic E-state index is 0.0162. The Balaban J connectivity index is 1.58. The second kappa shape index (κ2) is 10.5. The van der Waals surface area contributed by atoms with Gasteiger partial charge in [-0.1, -0.05) is 37.5 Å². The molecule has 2 fully saturated rings. The number of ether oxygens (including phenoxy) is 2. The summed E-state index contributed by atoms with van der Waals surface area (Å²) < 4.78 is 49.3. The van der Waals surface area contributed by atoms with Crippen LogP contribution in [0.4, 0.5) is 13.2 Å². The number of hydrogen-bond donors (Lipinski definition) is 2. The Labute approximate surface area is 179 Å². The molecular weight excluding hydrogens is 413 g/mol. The average Bonchev–Trinajstić information content (AvgIpc) is 3.01. The minimum atomic E-state index is -4.47. The van der Waals surface area contributed by atoms with Gasteiger partial charge >= 0.3 is 12.1 Å². The molecule has 0 aromatic heterocycles. The standard InChI is InChI=1S/C23H29F3O5/c24-23(25,26)15-6-5-7-17(12-15)30-14-16(27)10-11-18-19-8-3-1-2-4-9-22(29)31-21(19)13-20(18)28/h5-7,10-12,16,18-21,27-28H,1-4,8-9,13-14H2/b11-10+/t16-,18-,19-,20-,21+/m1/s1. The zero-order chi connectivity index (χ0) is 22.4. The van der Waals surface area contributed by atoms with Crippen LogP contribution in [0, 0.1) is 11.8 Å². The van der Waals surface area contributed by atoms with Gasteiger partial charge in [-0.25, -0.2) is 0 Å². The topological polar surface area (TPSA) is 76.0 Å². The molecule has 1 saturated carbocycles. The third-order valence-corrected chi connectivity index (χ3v) is 5.98. The lowest BCUT2D eigenvalue weighted by atomic mass is 9.87. The first-order chi connectivity index (χ1) is 14.7. The Kier molecular flexibility index (Phi) is 8.00. The van der Waals surface area contributed by atoms with E-state index < -0.39 is 23.9 Å². The summed E-state index contributed by atoms with van der Waals surface area (Å²) in [4.78, 5) is 12.0. The Morgan fingerprint density at radius 2 is 2.00 bits per heavy atom. The Morgan fingerprint density at radius 1 is 1.23 bits per heavy atom. The number of carbonyl (C=O) groups excluding carboxylic acids is 1. The van der Waals surface area contributed by atoms with Crippen LogP contribution in [0.1, 0.15) is 50.5 Å². The number of rotatable bonds is 5. The highest BCUT2D eigenvalue weighted by atomic mass is 19.4. The fourth-order valence-electron chi connectivity index (χ4n) is 4.37. The zero-order valence-electron chi connectivity index (χ0n) is 17.3. The highest BCUT2D eigenvalue weighted by molar-refractivity contribution is 5.69. The number of alkyl halides is 3. The average molecular weight is 442 g/mol. The molecule has 3 rings (SSSR count). The molecule has 0 radical (unpaired) electrons. The van der Waals surface area contributed by atoms with Crippen LogP contribution in [0.15, 0.2) is 36.4 Å². The van der Waals surface area contributed by atoms with E-state index in [1.54, 1.807) is 6.08 Å². The van der Waals surface area contributed by atoms with Gasteiger partial charge in [-0.05, 0) is 31.0 Å². The fraction of sp³-hybridized carbons (Fsp3) is 0.609. The summed E-state index contributed by atoms with van der Waals surface area (Å²) in [5.74, 6) is -0.504. The second-order valence-electron chi connectivity index (χ2n) is 8.31. The lowest BCUT2D eigenvalue weighted by Crippen LogP contribution is -2.26. The zero-order valence-corrected chi connectivity index (χ0v) is 17.3. The summed E-state index contributed by atoms with van der Waals surface area (Å²) in [6, 6.07) is 4.48. The summed E-state index contributed by atoms with van der Waals surface area (Å²) >= 11 is 0. The first kappa shape index (κ1) is 23.6. The maximum Gasteiger partial charge on any atom is 0.416 e. The molecular formula is C23H29F3O5. The second-order valence-corrected chi connectivity index (χ2v) is 8.31. The Bertz CT molecular complexity index is 764. The number of carbonyl (C=O) groups is 1. The minimum Gasteiger partial charge on any atom is -0.491 e. The molecule has 1 aliphatic carbocycles. The van der Waals surface area contributed by atoms with E-state index in [4.69, 9.17) is 9.47 Å². The first-order valence-corrected chi connectivity index (χ1v) is 10.8. The molecule has 1 aliphatic heterocycles. The molecule has 2 N–H and O–H groups in total. The third-order valence-electron chi connectivity index (χ3n) is 5.98. The van der Waals surface area contributed by atoms with Crippen LogP contribution >= 0.6 is 0 Å². The van der Waals surface area contributed by atoms with E-state index in [0.717, 1.165) is 44.2 Å². The fourth-order valence-corrected chi connectivity index (χ4v) is 4.37. The van der Waals surface area contributed by atoms with Crippen molar-refractivity contribution in [1.82, 2.24) is 0 Å². The molecule has 0 bridgehead atoms. The summed E-state index contributed by atoms with van der Waals surface area (Å²) in [5, 5.41) is 20.7. The highest BCUT2D eigenvalue weighted by Gasteiger charge is 2.43. The summed E-state index contributed by atoms with van der Waals surface area (Å²) in [6.07, 6.45) is 2.04. The maximum absolute atomic E-state index is 12.8. The van der Waals surface area contributed by atoms with Gasteiger partial charge in [0.15, 0.2) is 0 Å². The molecule has 1 saturated heterocycles. The Hall–Kier alpha value is -2.06. The summed E-state index contributed by atoms with van der Waals surface area (Å²) in [7, 11) is 0. The van der Waals surface area contributed by atoms with E-state index in [0.29, 0.717) is 12.8 Å². The van der Waals surface area contributed by atoms with Crippen molar-refractivity contribution in [2.75, 3.05) is 6.61 Å². The molecule has 31 heavy (non-hydrogen) atoms. The van der Waals surface area contributed by atoms with Gasteiger partial charge in [0.1, 0.15) is 24.6 Å². The van der Waals surface area contributed by atoms with Crippen molar-refractivity contribution in [2.45, 2.75) is 69.4 Å². The molecule has 1 heterocycles. The summed E-state index contributed by atoms with van der Waals surface area (Å²) in [6.45, 7) is -0.219. The van der Waals surface area contributed by atoms with E-state index in [-0.39, 0.29) is 36.3 Å². The lowest BCUT2D eigenvalue weighted by Gasteiger charge is -2.25. The number of fused-ring (bicyclic) bond motifs is 1. The predicted molar refractivity (Wildman–Crippen MR) is 107 cm³/mol. The van der Waals surface area contributed by atoms with Crippen LogP contribution in [-0.2, 0) is 15.7 Å². The molecule has 0 spiro atoms. The van der Waals surface area contributed by atoms with E-state index in [9.17, 15) is 28.2 Å². The number of aliphatic hydroxyl groups excluding tert-OH is 2. The molecule has 5 atom stereocenters. The van der Waals surface area contributed by atoms with Crippen molar-refractivity contribution in [3.63, 3.8) is 0 Å². The van der Waals surface area contributed by atoms with E-state index in [2.05, 4.69) is 0 Å². The molecule has 2 aliphatic rings. The molecule has 5 nitrogen and oxygen atoms in total. The molecule has 8 heteroatoms. The lowest BCUT2D eigenvalue weighted by molar-refractivity contribution is -0.151. The van der Waals surface area contributed by atoms with Crippen LogP contribution < -0.4 is 4.74 Å². The predicted octanol–water partition coefficient (Wildman–Crippen LogP) is 4.26. The molecule has 0 amide bonds. The van der Waals surface area contributed by atoms with Crippen molar-refractivity contribution >= 4 is 5.97 Å². The van der Waals surface area contributed by atoms with Gasteiger partial charge in [0.05, 0.1) is 11.7 Å². The van der Waals surface area contributed by atoms with Crippen LogP contribution in [0.3, 0.4) is 0 Å². The summed E-state index contributed by atoms with van der Waals surface area (Å²) in [5.41, 5.74) is -0.819. The number of benzene rings is 1. The van der Waals surface area contributed by atoms with Gasteiger partial charge in [0.2, 0.25) is 0 Å². The van der Waals surface area contributed by atoms with E-state index in [1.165, 1.54) is 18.2 Å². The molecule has 0 unspecified atom stereocenters. The number of halogens is 3. The highest BCUT2D eigenvalue weighted by Crippen LogP contribution is 2.39. The van der Waals surface area contributed by atoms with Crippen molar-refractivity contribution in [2.24, 2.45) is 11.8 Å². The van der Waals surface area contributed by atoms with Crippen LogP contribution in [0.2, 0.25) is 0 Å². The monoisotopic (exact) mass is 442 g/mol. The van der Waals surface area contributed by atoms with Gasteiger partial charge in [-0.15, -0.1) is 0 Å². The van der Waals surface area contributed by atoms with Crippen molar-refractivity contribution in [3.8, 4) is 5.75 Å². The van der Waals surface area contributed by atoms with Crippen molar-refractivity contribution in [1.29, 1.82) is 0 Å². The number of esters is 1. The van der Waals surface area contributed by atoms with Gasteiger partial charge in [-0.3, -0.25) is 4.79 Å². The van der Waals surface area contributed by atoms with Gasteiger partial charge < -0.3 is 19.7 Å². The first-order valence-electron chi connectivity index (χ1n) is 10.8. The molecule has 1 aromatic carbocycles. The van der Waals surface area contributed by atoms with Crippen LogP contribution in [0.5, 0.6) is 5.75 Å². The molecule has 1 aromatic rings. The smallest absolute Gasteiger partial charge is 0.416 e.